The maximum atomic E-state index is 11.6. The second kappa shape index (κ2) is 8.48. The van der Waals surface area contributed by atoms with E-state index in [0.29, 0.717) is 0 Å². The molecule has 0 aromatic carbocycles. The Kier molecular flexibility index (Phi) is 8.17. The fourth-order valence-electron chi connectivity index (χ4n) is 1.80. The molecule has 1 atom stereocenters. The number of carbonyl (C=O) groups is 1. The van der Waals surface area contributed by atoms with E-state index in [1.165, 1.54) is 20.0 Å². The molecule has 1 unspecified atom stereocenters. The van der Waals surface area contributed by atoms with Gasteiger partial charge in [0, 0.05) is 0 Å². The minimum Gasteiger partial charge on any atom is -0.468 e. The van der Waals surface area contributed by atoms with Crippen LogP contribution in [0.3, 0.4) is 0 Å². The summed E-state index contributed by atoms with van der Waals surface area (Å²) >= 11 is 0. The Labute approximate surface area is 106 Å². The number of unbranched alkanes of at least 4 members (excludes halogenated alkanes) is 1. The molecule has 0 saturated heterocycles. The van der Waals surface area contributed by atoms with Crippen LogP contribution in [0.1, 0.15) is 39.5 Å². The van der Waals surface area contributed by atoms with Crippen LogP contribution in [0, 0.1) is 0 Å². The average Bonchev–Trinajstić information content (AvgIpc) is 2.34. The number of rotatable bonds is 9. The van der Waals surface area contributed by atoms with E-state index in [0.717, 1.165) is 25.9 Å². The fraction of sp³-hybridized carbons (Fsp3) is 0.923. The number of esters is 1. The van der Waals surface area contributed by atoms with Crippen molar-refractivity contribution in [1.82, 2.24) is 10.2 Å². The van der Waals surface area contributed by atoms with Crippen molar-refractivity contribution in [3.05, 3.63) is 0 Å². The van der Waals surface area contributed by atoms with Gasteiger partial charge in [0.1, 0.15) is 5.54 Å². The van der Waals surface area contributed by atoms with Gasteiger partial charge in [0.2, 0.25) is 0 Å². The number of nitrogens with zero attached hydrogens (tertiary/aromatic N) is 1. The lowest BCUT2D eigenvalue weighted by Gasteiger charge is -2.27. The first-order chi connectivity index (χ1) is 8.00. The van der Waals surface area contributed by atoms with E-state index in [1.807, 2.05) is 6.92 Å². The predicted molar refractivity (Wildman–Crippen MR) is 71.1 cm³/mol. The molecule has 4 heteroatoms. The second-order valence-corrected chi connectivity index (χ2v) is 4.83. The number of likely N-dealkylation sites (N-methyl/N-ethyl adjacent to an activating group) is 1. The first-order valence-electron chi connectivity index (χ1n) is 6.46. The van der Waals surface area contributed by atoms with E-state index >= 15 is 0 Å². The molecule has 0 saturated carbocycles. The van der Waals surface area contributed by atoms with Gasteiger partial charge in [-0.3, -0.25) is 4.79 Å². The lowest BCUT2D eigenvalue weighted by molar-refractivity contribution is -0.148. The molecule has 0 aliphatic carbocycles. The molecule has 1 N–H and O–H groups in total. The second-order valence-electron chi connectivity index (χ2n) is 4.83. The van der Waals surface area contributed by atoms with Crippen molar-refractivity contribution in [3.63, 3.8) is 0 Å². The highest BCUT2D eigenvalue weighted by atomic mass is 16.5. The third kappa shape index (κ3) is 6.03. The summed E-state index contributed by atoms with van der Waals surface area (Å²) < 4.78 is 4.81. The van der Waals surface area contributed by atoms with Gasteiger partial charge in [-0.1, -0.05) is 13.3 Å². The highest BCUT2D eigenvalue weighted by molar-refractivity contribution is 5.80. The monoisotopic (exact) mass is 244 g/mol. The Morgan fingerprint density at radius 1 is 1.35 bits per heavy atom. The van der Waals surface area contributed by atoms with E-state index in [9.17, 15) is 4.79 Å². The van der Waals surface area contributed by atoms with Crippen LogP contribution in [0.5, 0.6) is 0 Å². The molecule has 0 heterocycles. The van der Waals surface area contributed by atoms with Gasteiger partial charge in [-0.15, -0.1) is 0 Å². The van der Waals surface area contributed by atoms with Crippen molar-refractivity contribution in [1.29, 1.82) is 0 Å². The normalized spacial score (nSPS) is 14.7. The molecule has 0 spiro atoms. The van der Waals surface area contributed by atoms with Crippen molar-refractivity contribution in [2.45, 2.75) is 45.1 Å². The third-order valence-electron chi connectivity index (χ3n) is 3.30. The number of methoxy groups -OCH3 is 1. The van der Waals surface area contributed by atoms with Crippen LogP contribution in [0.4, 0.5) is 0 Å². The predicted octanol–water partition coefficient (Wildman–Crippen LogP) is 1.65. The Hall–Kier alpha value is -0.610. The van der Waals surface area contributed by atoms with Gasteiger partial charge in [0.15, 0.2) is 0 Å². The Balaban J connectivity index is 3.95. The average molecular weight is 244 g/mol. The Bertz CT molecular complexity index is 221. The zero-order chi connectivity index (χ0) is 13.3. The van der Waals surface area contributed by atoms with Gasteiger partial charge in [0.25, 0.3) is 0 Å². The van der Waals surface area contributed by atoms with Crippen LogP contribution in [0.25, 0.3) is 0 Å². The zero-order valence-electron chi connectivity index (χ0n) is 12.0. The minimum absolute atomic E-state index is 0.184. The van der Waals surface area contributed by atoms with Gasteiger partial charge >= 0.3 is 5.97 Å². The van der Waals surface area contributed by atoms with Crippen molar-refractivity contribution in [2.24, 2.45) is 0 Å². The molecule has 17 heavy (non-hydrogen) atoms. The van der Waals surface area contributed by atoms with E-state index in [2.05, 4.69) is 24.2 Å². The van der Waals surface area contributed by atoms with Gasteiger partial charge in [-0.2, -0.15) is 0 Å². The van der Waals surface area contributed by atoms with E-state index < -0.39 is 5.54 Å². The number of hydrogen-bond acceptors (Lipinski definition) is 4. The maximum Gasteiger partial charge on any atom is 0.325 e. The molecule has 0 amide bonds. The number of nitrogens with one attached hydrogen (secondary N) is 1. The van der Waals surface area contributed by atoms with Crippen molar-refractivity contribution in [2.75, 3.05) is 34.3 Å². The molecule has 102 valence electrons. The highest BCUT2D eigenvalue weighted by Gasteiger charge is 2.31. The van der Waals surface area contributed by atoms with E-state index in [1.54, 1.807) is 7.05 Å². The summed E-state index contributed by atoms with van der Waals surface area (Å²) in [6, 6.07) is 0. The van der Waals surface area contributed by atoms with Crippen LogP contribution in [-0.4, -0.2) is 50.7 Å². The van der Waals surface area contributed by atoms with Gasteiger partial charge < -0.3 is 15.0 Å². The summed E-state index contributed by atoms with van der Waals surface area (Å²) in [5.74, 6) is -0.184. The van der Waals surface area contributed by atoms with E-state index in [-0.39, 0.29) is 5.97 Å². The Morgan fingerprint density at radius 3 is 2.41 bits per heavy atom. The lowest BCUT2D eigenvalue weighted by Crippen LogP contribution is -2.48. The summed E-state index contributed by atoms with van der Waals surface area (Å²) in [7, 11) is 5.37. The summed E-state index contributed by atoms with van der Waals surface area (Å²) in [5, 5.41) is 3.05. The first kappa shape index (κ1) is 16.4. The molecule has 4 nitrogen and oxygen atoms in total. The van der Waals surface area contributed by atoms with Crippen LogP contribution < -0.4 is 5.32 Å². The zero-order valence-corrected chi connectivity index (χ0v) is 12.0. The molecule has 0 aliphatic rings. The summed E-state index contributed by atoms with van der Waals surface area (Å²) in [6.45, 7) is 6.24. The fourth-order valence-corrected chi connectivity index (χ4v) is 1.80. The molecule has 0 aromatic rings. The smallest absolute Gasteiger partial charge is 0.325 e. The third-order valence-corrected chi connectivity index (χ3v) is 3.30. The minimum atomic E-state index is -0.555. The van der Waals surface area contributed by atoms with Crippen molar-refractivity contribution >= 4 is 5.97 Å². The highest BCUT2D eigenvalue weighted by Crippen LogP contribution is 2.14. The standard InChI is InChI=1S/C13H28N2O2/c1-6-7-10-15(4)11-8-9-13(2,14-3)12(16)17-5/h14H,6-11H2,1-5H3. The summed E-state index contributed by atoms with van der Waals surface area (Å²) in [5.41, 5.74) is -0.555. The van der Waals surface area contributed by atoms with Crippen LogP contribution >= 0.6 is 0 Å². The van der Waals surface area contributed by atoms with E-state index in [4.69, 9.17) is 4.74 Å². The quantitative estimate of drug-likeness (QED) is 0.626. The molecule has 0 radical (unpaired) electrons. The topological polar surface area (TPSA) is 41.6 Å². The summed E-state index contributed by atoms with van der Waals surface area (Å²) in [6.07, 6.45) is 4.25. The number of hydrogen-bond donors (Lipinski definition) is 1. The molecule has 0 aromatic heterocycles. The van der Waals surface area contributed by atoms with Gasteiger partial charge in [-0.25, -0.2) is 0 Å². The lowest BCUT2D eigenvalue weighted by atomic mass is 9.96. The van der Waals surface area contributed by atoms with Crippen molar-refractivity contribution in [3.8, 4) is 0 Å². The van der Waals surface area contributed by atoms with Crippen LogP contribution in [0.15, 0.2) is 0 Å². The van der Waals surface area contributed by atoms with Gasteiger partial charge in [-0.05, 0) is 53.4 Å². The Morgan fingerprint density at radius 2 is 1.94 bits per heavy atom. The molecule has 0 fully saturated rings. The maximum absolute atomic E-state index is 11.6. The summed E-state index contributed by atoms with van der Waals surface area (Å²) in [4.78, 5) is 13.9. The van der Waals surface area contributed by atoms with Gasteiger partial charge in [0.05, 0.1) is 7.11 Å². The largest absolute Gasteiger partial charge is 0.468 e. The SMILES string of the molecule is CCCCN(C)CCCC(C)(NC)C(=O)OC. The molecular weight excluding hydrogens is 216 g/mol. The molecular formula is C13H28N2O2. The molecule has 0 bridgehead atoms. The first-order valence-corrected chi connectivity index (χ1v) is 6.46. The van der Waals surface area contributed by atoms with Crippen molar-refractivity contribution < 1.29 is 9.53 Å². The molecule has 0 rings (SSSR count). The number of ether oxygens (including phenoxy) is 1. The van der Waals surface area contributed by atoms with Crippen LogP contribution in [0.2, 0.25) is 0 Å². The van der Waals surface area contributed by atoms with Crippen LogP contribution in [-0.2, 0) is 9.53 Å². The molecule has 0 aliphatic heterocycles. The number of carbonyl (C=O) groups excluding carboxylic acids is 1.